The number of carbonyl (C=O) groups excluding carboxylic acids is 1. The molecule has 4 nitrogen and oxygen atoms in total. The molecule has 2 aromatic carbocycles. The van der Waals surface area contributed by atoms with E-state index in [1.807, 2.05) is 56.4 Å². The summed E-state index contributed by atoms with van der Waals surface area (Å²) in [6.45, 7) is 2.58. The first-order valence-electron chi connectivity index (χ1n) is 8.76. The van der Waals surface area contributed by atoms with Gasteiger partial charge in [0.25, 0.3) is 5.91 Å². The molecule has 0 aliphatic heterocycles. The number of thioether (sulfide) groups is 1. The summed E-state index contributed by atoms with van der Waals surface area (Å²) in [4.78, 5) is 12.6. The molecule has 0 radical (unpaired) electrons. The van der Waals surface area contributed by atoms with Gasteiger partial charge in [0, 0.05) is 35.0 Å². The van der Waals surface area contributed by atoms with E-state index in [0.717, 1.165) is 28.0 Å². The highest BCUT2D eigenvalue weighted by Gasteiger charge is 2.20. The van der Waals surface area contributed by atoms with Crippen molar-refractivity contribution in [2.24, 2.45) is 0 Å². The van der Waals surface area contributed by atoms with Gasteiger partial charge in [-0.25, -0.2) is 0 Å². The van der Waals surface area contributed by atoms with Crippen molar-refractivity contribution >= 4 is 28.6 Å². The van der Waals surface area contributed by atoms with Gasteiger partial charge in [-0.05, 0) is 25.6 Å². The second-order valence-corrected chi connectivity index (χ2v) is 7.27. The summed E-state index contributed by atoms with van der Waals surface area (Å²) in [5, 5.41) is 7.08. The number of benzene rings is 2. The van der Waals surface area contributed by atoms with Crippen LogP contribution < -0.4 is 10.6 Å². The normalized spacial score (nSPS) is 12.2. The summed E-state index contributed by atoms with van der Waals surface area (Å²) >= 11 is 1.79. The number of rotatable bonds is 8. The lowest BCUT2D eigenvalue weighted by Crippen LogP contribution is -2.37. The highest BCUT2D eigenvalue weighted by Crippen LogP contribution is 2.30. The Morgan fingerprint density at radius 1 is 1.08 bits per heavy atom. The maximum atomic E-state index is 12.6. The van der Waals surface area contributed by atoms with Crippen LogP contribution in [-0.4, -0.2) is 25.5 Å². The lowest BCUT2D eigenvalue weighted by Gasteiger charge is -2.11. The molecule has 1 heterocycles. The number of hydrogen-bond donors (Lipinski definition) is 2. The smallest absolute Gasteiger partial charge is 0.287 e. The monoisotopic (exact) mass is 368 g/mol. The first-order valence-corrected chi connectivity index (χ1v) is 9.92. The largest absolute Gasteiger partial charge is 0.451 e. The van der Waals surface area contributed by atoms with Crippen LogP contribution in [-0.2, 0) is 11.5 Å². The van der Waals surface area contributed by atoms with Crippen LogP contribution in [0.25, 0.3) is 11.0 Å². The fraction of sp³-hybridized carbons (Fsp3) is 0.286. The minimum Gasteiger partial charge on any atom is -0.451 e. The van der Waals surface area contributed by atoms with Gasteiger partial charge in [-0.1, -0.05) is 48.5 Å². The van der Waals surface area contributed by atoms with Crippen LogP contribution in [0.4, 0.5) is 0 Å². The van der Waals surface area contributed by atoms with E-state index in [9.17, 15) is 4.79 Å². The summed E-state index contributed by atoms with van der Waals surface area (Å²) in [6, 6.07) is 18.4. The lowest BCUT2D eigenvalue weighted by molar-refractivity contribution is 0.0924. The number of furan rings is 1. The number of likely N-dealkylation sites (N-methyl/N-ethyl adjacent to an activating group) is 1. The highest BCUT2D eigenvalue weighted by atomic mass is 32.2. The third kappa shape index (κ3) is 4.48. The van der Waals surface area contributed by atoms with Crippen molar-refractivity contribution in [1.82, 2.24) is 10.6 Å². The fourth-order valence-electron chi connectivity index (χ4n) is 2.70. The minimum absolute atomic E-state index is 0.154. The van der Waals surface area contributed by atoms with Crippen molar-refractivity contribution in [1.29, 1.82) is 0 Å². The summed E-state index contributed by atoms with van der Waals surface area (Å²) in [5.41, 5.74) is 3.00. The Morgan fingerprint density at radius 3 is 2.58 bits per heavy atom. The van der Waals surface area contributed by atoms with E-state index in [4.69, 9.17) is 4.42 Å². The molecule has 3 aromatic rings. The van der Waals surface area contributed by atoms with Gasteiger partial charge in [0.15, 0.2) is 5.76 Å². The molecular weight excluding hydrogens is 344 g/mol. The molecule has 1 unspecified atom stereocenters. The van der Waals surface area contributed by atoms with E-state index in [1.54, 1.807) is 11.8 Å². The summed E-state index contributed by atoms with van der Waals surface area (Å²) in [7, 11) is 1.88. The van der Waals surface area contributed by atoms with Crippen LogP contribution in [0.5, 0.6) is 0 Å². The molecule has 5 heteroatoms. The number of amides is 1. The van der Waals surface area contributed by atoms with E-state index in [-0.39, 0.29) is 11.9 Å². The maximum Gasteiger partial charge on any atom is 0.287 e. The zero-order chi connectivity index (χ0) is 18.4. The van der Waals surface area contributed by atoms with Gasteiger partial charge in [0.05, 0.1) is 0 Å². The summed E-state index contributed by atoms with van der Waals surface area (Å²) in [5.74, 6) is 1.91. The standard InChI is InChI=1S/C21H24N2O2S/c1-15(22-2)12-23-21(24)20-18(17-10-6-7-11-19(17)25-20)14-26-13-16-8-4-3-5-9-16/h3-11,15,22H,12-14H2,1-2H3,(H,23,24). The predicted octanol–water partition coefficient (Wildman–Crippen LogP) is 4.20. The van der Waals surface area contributed by atoms with E-state index in [0.29, 0.717) is 12.3 Å². The summed E-state index contributed by atoms with van der Waals surface area (Å²) < 4.78 is 5.88. The van der Waals surface area contributed by atoms with Gasteiger partial charge >= 0.3 is 0 Å². The summed E-state index contributed by atoms with van der Waals surface area (Å²) in [6.07, 6.45) is 0. The fourth-order valence-corrected chi connectivity index (χ4v) is 3.72. The third-order valence-electron chi connectivity index (χ3n) is 4.32. The Balaban J connectivity index is 1.77. The Labute approximate surface area is 158 Å². The van der Waals surface area contributed by atoms with Crippen LogP contribution >= 0.6 is 11.8 Å². The number of nitrogens with one attached hydrogen (secondary N) is 2. The Kier molecular flexibility index (Phi) is 6.36. The van der Waals surface area contributed by atoms with E-state index in [2.05, 4.69) is 22.8 Å². The van der Waals surface area contributed by atoms with Gasteiger partial charge in [-0.2, -0.15) is 11.8 Å². The number of carbonyl (C=O) groups is 1. The quantitative estimate of drug-likeness (QED) is 0.626. The first kappa shape index (κ1) is 18.5. The minimum atomic E-state index is -0.154. The molecule has 0 saturated heterocycles. The Hall–Kier alpha value is -2.24. The van der Waals surface area contributed by atoms with Crippen molar-refractivity contribution in [3.05, 3.63) is 71.5 Å². The molecule has 3 rings (SSSR count). The van der Waals surface area contributed by atoms with Crippen LogP contribution in [0.1, 0.15) is 28.6 Å². The molecule has 0 aliphatic rings. The van der Waals surface area contributed by atoms with Gasteiger partial charge in [-0.3, -0.25) is 4.79 Å². The zero-order valence-corrected chi connectivity index (χ0v) is 15.9. The van der Waals surface area contributed by atoms with Crippen LogP contribution in [0.3, 0.4) is 0 Å². The molecule has 0 spiro atoms. The van der Waals surface area contributed by atoms with Crippen molar-refractivity contribution in [3.63, 3.8) is 0 Å². The predicted molar refractivity (Wildman–Crippen MR) is 109 cm³/mol. The SMILES string of the molecule is CNC(C)CNC(=O)c1oc2ccccc2c1CSCc1ccccc1. The van der Waals surface area contributed by atoms with Crippen molar-refractivity contribution in [2.75, 3.05) is 13.6 Å². The molecule has 0 bridgehead atoms. The van der Waals surface area contributed by atoms with Gasteiger partial charge in [-0.15, -0.1) is 0 Å². The second kappa shape index (κ2) is 8.92. The average Bonchev–Trinajstić information content (AvgIpc) is 3.05. The Bertz CT molecular complexity index is 861. The van der Waals surface area contributed by atoms with Gasteiger partial charge in [0.2, 0.25) is 0 Å². The molecule has 0 aliphatic carbocycles. The number of para-hydroxylation sites is 1. The van der Waals surface area contributed by atoms with Crippen molar-refractivity contribution in [3.8, 4) is 0 Å². The molecule has 136 valence electrons. The Morgan fingerprint density at radius 2 is 1.81 bits per heavy atom. The molecule has 1 aromatic heterocycles. The number of hydrogen-bond acceptors (Lipinski definition) is 4. The molecule has 2 N–H and O–H groups in total. The van der Waals surface area contributed by atoms with Gasteiger partial charge in [0.1, 0.15) is 5.58 Å². The topological polar surface area (TPSA) is 54.3 Å². The third-order valence-corrected chi connectivity index (χ3v) is 5.35. The first-order chi connectivity index (χ1) is 12.7. The molecule has 1 amide bonds. The number of fused-ring (bicyclic) bond motifs is 1. The average molecular weight is 369 g/mol. The van der Waals surface area contributed by atoms with Crippen LogP contribution in [0, 0.1) is 0 Å². The zero-order valence-electron chi connectivity index (χ0n) is 15.1. The second-order valence-electron chi connectivity index (χ2n) is 6.28. The lowest BCUT2D eigenvalue weighted by atomic mass is 10.1. The molecular formula is C21H24N2O2S. The van der Waals surface area contributed by atoms with Crippen molar-refractivity contribution < 1.29 is 9.21 Å². The molecule has 1 atom stereocenters. The van der Waals surface area contributed by atoms with Crippen LogP contribution in [0.15, 0.2) is 59.0 Å². The molecule has 0 saturated carbocycles. The molecule has 26 heavy (non-hydrogen) atoms. The van der Waals surface area contributed by atoms with E-state index < -0.39 is 0 Å². The molecule has 0 fully saturated rings. The van der Waals surface area contributed by atoms with Crippen molar-refractivity contribution in [2.45, 2.75) is 24.5 Å². The van der Waals surface area contributed by atoms with Crippen LogP contribution in [0.2, 0.25) is 0 Å². The maximum absolute atomic E-state index is 12.6. The van der Waals surface area contributed by atoms with E-state index >= 15 is 0 Å². The highest BCUT2D eigenvalue weighted by molar-refractivity contribution is 7.97. The van der Waals surface area contributed by atoms with E-state index in [1.165, 1.54) is 5.56 Å². The van der Waals surface area contributed by atoms with Gasteiger partial charge < -0.3 is 15.1 Å².